The highest BCUT2D eigenvalue weighted by molar-refractivity contribution is 7.52. The zero-order valence-electron chi connectivity index (χ0n) is 24.5. The summed E-state index contributed by atoms with van der Waals surface area (Å²) in [6.45, 7) is -1.13. The summed E-state index contributed by atoms with van der Waals surface area (Å²) in [7, 11) is -7.28. The second-order valence-corrected chi connectivity index (χ2v) is 14.7. The smallest absolute Gasteiger partial charge is 0.394 e. The monoisotopic (exact) mass is 711 g/mol. The topological polar surface area (TPSA) is 321 Å². The van der Waals surface area contributed by atoms with Crippen LogP contribution in [0.4, 0.5) is 11.6 Å². The maximum Gasteiger partial charge on any atom is 0.534 e. The zero-order valence-corrected chi connectivity index (χ0v) is 26.3. The predicted molar refractivity (Wildman–Crippen MR) is 156 cm³/mol. The third-order valence-corrected chi connectivity index (χ3v) is 10.6. The number of aliphatic hydroxyl groups is 3. The van der Waals surface area contributed by atoms with Crippen molar-refractivity contribution in [2.24, 2.45) is 11.8 Å². The third kappa shape index (κ3) is 4.83. The highest BCUT2D eigenvalue weighted by atomic mass is 31.2. The van der Waals surface area contributed by atoms with E-state index in [0.29, 0.717) is 22.3 Å². The second kappa shape index (κ2) is 11.1. The van der Waals surface area contributed by atoms with E-state index in [1.165, 1.54) is 34.4 Å². The lowest BCUT2D eigenvalue weighted by atomic mass is 10.1. The van der Waals surface area contributed by atoms with Crippen molar-refractivity contribution in [1.29, 1.82) is 0 Å². The number of ether oxygens (including phenoxy) is 4. The van der Waals surface area contributed by atoms with E-state index in [1.54, 1.807) is 0 Å². The van der Waals surface area contributed by atoms with Gasteiger partial charge >= 0.3 is 15.6 Å². The number of aromatic nitrogens is 8. The van der Waals surface area contributed by atoms with E-state index in [4.69, 9.17) is 34.9 Å². The van der Waals surface area contributed by atoms with Gasteiger partial charge < -0.3 is 64.3 Å². The number of nitrogens with zero attached hydrogens (tertiary/aromatic N) is 8. The summed E-state index contributed by atoms with van der Waals surface area (Å²) in [5.41, 5.74) is 13.0. The fourth-order valence-electron chi connectivity index (χ4n) is 7.07. The molecule has 22 nitrogen and oxygen atoms in total. The Kier molecular flexibility index (Phi) is 7.35. The minimum atomic E-state index is -4.55. The van der Waals surface area contributed by atoms with Crippen molar-refractivity contribution in [3.05, 3.63) is 25.3 Å². The molecule has 0 amide bonds. The number of aliphatic hydroxyl groups excluding tert-OH is 1. The van der Waals surface area contributed by atoms with Crippen LogP contribution in [0.25, 0.3) is 22.3 Å². The first-order valence-electron chi connectivity index (χ1n) is 14.5. The number of nitrogen functional groups attached to an aromatic ring is 2. The molecule has 24 heteroatoms. The van der Waals surface area contributed by atoms with Crippen LogP contribution in [0.5, 0.6) is 0 Å². The minimum Gasteiger partial charge on any atom is -0.394 e. The molecule has 4 aromatic heterocycles. The van der Waals surface area contributed by atoms with Gasteiger partial charge in [-0.25, -0.2) is 29.9 Å². The fraction of sp³-hybridized carbons (Fsp3) is 0.583. The Morgan fingerprint density at radius 2 is 1.40 bits per heavy atom. The number of rotatable bonds is 12. The number of anilines is 2. The molecule has 4 aromatic rings. The molecule has 2 saturated carbocycles. The van der Waals surface area contributed by atoms with Crippen LogP contribution in [-0.2, 0) is 32.6 Å². The van der Waals surface area contributed by atoms with Crippen LogP contribution in [0, 0.1) is 11.8 Å². The molecule has 2 saturated heterocycles. The van der Waals surface area contributed by atoms with Crippen molar-refractivity contribution in [1.82, 2.24) is 39.0 Å². The third-order valence-electron chi connectivity index (χ3n) is 9.19. The highest BCUT2D eigenvalue weighted by Gasteiger charge is 2.78. The van der Waals surface area contributed by atoms with Crippen molar-refractivity contribution in [3.8, 4) is 0 Å². The summed E-state index contributed by atoms with van der Waals surface area (Å²) in [6.07, 6.45) is -0.444. The number of fused-ring (bicyclic) bond motifs is 4. The quantitative estimate of drug-likeness (QED) is 0.0778. The molecule has 4 aliphatic rings. The van der Waals surface area contributed by atoms with Crippen LogP contribution in [0.3, 0.4) is 0 Å². The van der Waals surface area contributed by atoms with Crippen LogP contribution < -0.4 is 11.5 Å². The molecule has 2 aliphatic carbocycles. The van der Waals surface area contributed by atoms with E-state index in [0.717, 1.165) is 0 Å². The van der Waals surface area contributed by atoms with E-state index < -0.39 is 101 Å². The second-order valence-electron chi connectivity index (χ2n) is 11.9. The van der Waals surface area contributed by atoms with Gasteiger partial charge in [-0.2, -0.15) is 4.89 Å². The molecule has 4 fully saturated rings. The van der Waals surface area contributed by atoms with E-state index in [1.807, 2.05) is 0 Å². The summed E-state index contributed by atoms with van der Waals surface area (Å²) < 4.78 is 55.9. The summed E-state index contributed by atoms with van der Waals surface area (Å²) in [5.74, 6) is -4.95. The van der Waals surface area contributed by atoms with Crippen LogP contribution in [0.15, 0.2) is 25.3 Å². The Morgan fingerprint density at radius 3 is 1.92 bits per heavy atom. The summed E-state index contributed by atoms with van der Waals surface area (Å²) in [4.78, 5) is 44.6. The van der Waals surface area contributed by atoms with Gasteiger partial charge in [0.2, 0.25) is 0 Å². The van der Waals surface area contributed by atoms with Gasteiger partial charge in [0.15, 0.2) is 34.5 Å². The van der Waals surface area contributed by atoms with Crippen LogP contribution in [0.2, 0.25) is 0 Å². The van der Waals surface area contributed by atoms with Crippen molar-refractivity contribution in [2.75, 3.05) is 37.4 Å². The number of nitrogens with two attached hydrogens (primary N) is 2. The van der Waals surface area contributed by atoms with Gasteiger partial charge in [0.25, 0.3) is 6.35 Å². The Hall–Kier alpha value is -3.37. The molecule has 0 aromatic carbocycles. The first kappa shape index (κ1) is 31.9. The molecule has 0 radical (unpaired) electrons. The van der Waals surface area contributed by atoms with Crippen molar-refractivity contribution >= 4 is 49.6 Å². The largest absolute Gasteiger partial charge is 0.534 e. The Morgan fingerprint density at radius 1 is 0.875 bits per heavy atom. The van der Waals surface area contributed by atoms with Gasteiger partial charge in [-0.15, -0.1) is 0 Å². The Labute approximate surface area is 269 Å². The average molecular weight is 712 g/mol. The van der Waals surface area contributed by atoms with Gasteiger partial charge in [-0.3, -0.25) is 4.57 Å². The molecular weight excluding hydrogens is 682 g/mol. The summed E-state index contributed by atoms with van der Waals surface area (Å²) in [5, 5.41) is 32.4. The number of imidazole rings is 2. The molecule has 2 aliphatic heterocycles. The molecule has 8 unspecified atom stereocenters. The standard InChI is InChI=1S/C24H28N10O12P2/c25-19-13-21(29-3-27-19)33(5-31-13)17-11-15(9(1-35)45-23(11,17)36)43-8-48(40,41)44-2-10-16(42-7-47(38)39)12-18(24(12,37)46-10)34-6-32-14-20(26)28-4-30-22(14)34/h3-6,9-12,15-18,35-37H,1-2,7-8H2,(H5-,25,26,27,28,29,30,38,39,40,41)/p+1/t9-,10-,11?,12?,15?,16?,17+,18+,23?,24?/m1/s1. The van der Waals surface area contributed by atoms with E-state index in [9.17, 15) is 34.2 Å². The van der Waals surface area contributed by atoms with Crippen molar-refractivity contribution in [2.45, 2.75) is 48.1 Å². The van der Waals surface area contributed by atoms with Gasteiger partial charge in [-0.05, 0) is 4.57 Å². The lowest BCUT2D eigenvalue weighted by molar-refractivity contribution is -0.167. The first-order chi connectivity index (χ1) is 22.9. The summed E-state index contributed by atoms with van der Waals surface area (Å²) >= 11 is 0. The molecular formula is C24H29N10O12P2+. The van der Waals surface area contributed by atoms with Gasteiger partial charge in [0.1, 0.15) is 60.4 Å². The SMILES string of the molecule is Nc1ncnc2c1ncn2[C@H]1C2C(OCP(=O)(O)OC[C@H]3OC4(O)C(C3OC[P+](=O)O)[C@@H]4n3cnc4c(N)ncnc43)[C@@H](CO)OC21O. The highest BCUT2D eigenvalue weighted by Crippen LogP contribution is 2.66. The lowest BCUT2D eigenvalue weighted by Gasteiger charge is -2.26. The average Bonchev–Trinajstić information content (AvgIpc) is 3.46. The first-order valence-corrected chi connectivity index (χ1v) is 17.6. The normalized spacial score (nSPS) is 36.6. The molecule has 0 spiro atoms. The van der Waals surface area contributed by atoms with Gasteiger partial charge in [0, 0.05) is 0 Å². The lowest BCUT2D eigenvalue weighted by Crippen LogP contribution is -2.36. The van der Waals surface area contributed by atoms with E-state index in [-0.39, 0.29) is 11.6 Å². The Balaban J connectivity index is 0.943. The molecule has 8 rings (SSSR count). The zero-order chi connectivity index (χ0) is 33.7. The van der Waals surface area contributed by atoms with Crippen molar-refractivity contribution in [3.63, 3.8) is 0 Å². The van der Waals surface area contributed by atoms with Crippen LogP contribution in [0.1, 0.15) is 12.1 Å². The number of hydrogen-bond acceptors (Lipinski definition) is 18. The molecule has 12 atom stereocenters. The predicted octanol–water partition coefficient (Wildman–Crippen LogP) is -2.04. The van der Waals surface area contributed by atoms with Crippen molar-refractivity contribution < 1.29 is 57.7 Å². The van der Waals surface area contributed by atoms with E-state index in [2.05, 4.69) is 29.9 Å². The minimum absolute atomic E-state index is 0.126. The Bertz CT molecular complexity index is 1980. The summed E-state index contributed by atoms with van der Waals surface area (Å²) in [6, 6.07) is -1.54. The van der Waals surface area contributed by atoms with Crippen LogP contribution in [-0.4, -0.2) is 126 Å². The molecule has 0 bridgehead atoms. The number of hydrogen-bond donors (Lipinski definition) is 7. The molecule has 256 valence electrons. The maximum absolute atomic E-state index is 13.1. The van der Waals surface area contributed by atoms with Gasteiger partial charge in [-0.1, -0.05) is 0 Å². The van der Waals surface area contributed by atoms with E-state index >= 15 is 0 Å². The fourth-order valence-corrected chi connectivity index (χ4v) is 8.18. The molecule has 48 heavy (non-hydrogen) atoms. The molecule has 6 heterocycles. The molecule has 9 N–H and O–H groups in total. The maximum atomic E-state index is 13.1. The van der Waals surface area contributed by atoms with Crippen LogP contribution >= 0.6 is 15.6 Å². The van der Waals surface area contributed by atoms with Gasteiger partial charge in [0.05, 0.1) is 43.8 Å².